The summed E-state index contributed by atoms with van der Waals surface area (Å²) >= 11 is 0. The van der Waals surface area contributed by atoms with Crippen LogP contribution in [0.2, 0.25) is 0 Å². The summed E-state index contributed by atoms with van der Waals surface area (Å²) in [5.41, 5.74) is 14.8. The number of phosphoric acid groups is 1. The molecular formula is C26H48N3O5P. The van der Waals surface area contributed by atoms with E-state index in [9.17, 15) is 14.6 Å². The van der Waals surface area contributed by atoms with E-state index < -0.39 is 18.9 Å². The lowest BCUT2D eigenvalue weighted by Crippen LogP contribution is -2.90. The van der Waals surface area contributed by atoms with Crippen molar-refractivity contribution in [3.05, 3.63) is 12.2 Å². The monoisotopic (exact) mass is 513 g/mol. The molecule has 4 aliphatic rings. The molecule has 0 radical (unpaired) electrons. The Balaban J connectivity index is 1.58. The number of fused-ring (bicyclic) bond motifs is 5. The Labute approximate surface area is 211 Å². The lowest BCUT2D eigenvalue weighted by atomic mass is 9.36. The summed E-state index contributed by atoms with van der Waals surface area (Å²) in [6.45, 7) is 9.32. The minimum absolute atomic E-state index is 0.0623. The highest BCUT2D eigenvalue weighted by Gasteiger charge is 2.77. The highest BCUT2D eigenvalue weighted by atomic mass is 31.2. The molecule has 35 heavy (non-hydrogen) atoms. The van der Waals surface area contributed by atoms with E-state index in [0.29, 0.717) is 12.3 Å². The molecule has 202 valence electrons. The number of aliphatic hydroxyl groups excluding tert-OH is 1. The van der Waals surface area contributed by atoms with Gasteiger partial charge in [0.05, 0.1) is 18.2 Å². The second-order valence-corrected chi connectivity index (χ2v) is 14.0. The smallest absolute Gasteiger partial charge is 0.393 e. The number of aliphatic hydroxyl groups is 1. The van der Waals surface area contributed by atoms with E-state index in [1.165, 1.54) is 7.11 Å². The number of allylic oxidation sites excluding steroid dienone is 1. The first-order valence-corrected chi connectivity index (χ1v) is 14.9. The zero-order valence-corrected chi connectivity index (χ0v) is 23.0. The summed E-state index contributed by atoms with van der Waals surface area (Å²) in [5, 5.41) is 14.2. The second kappa shape index (κ2) is 9.16. The van der Waals surface area contributed by atoms with E-state index in [1.54, 1.807) is 0 Å². The zero-order valence-electron chi connectivity index (χ0n) is 22.1. The molecule has 4 fully saturated rings. The van der Waals surface area contributed by atoms with Gasteiger partial charge in [-0.25, -0.2) is 4.57 Å². The van der Waals surface area contributed by atoms with Crippen LogP contribution in [0.1, 0.15) is 84.5 Å². The van der Waals surface area contributed by atoms with Gasteiger partial charge >= 0.3 is 7.82 Å². The first kappa shape index (κ1) is 27.7. The van der Waals surface area contributed by atoms with Gasteiger partial charge in [-0.15, -0.1) is 0 Å². The Morgan fingerprint density at radius 1 is 1.09 bits per heavy atom. The third kappa shape index (κ3) is 3.77. The first-order chi connectivity index (χ1) is 16.3. The van der Waals surface area contributed by atoms with Crippen LogP contribution in [0.25, 0.3) is 0 Å². The van der Waals surface area contributed by atoms with Crippen molar-refractivity contribution in [1.82, 2.24) is 5.32 Å². The molecule has 9 heteroatoms. The van der Waals surface area contributed by atoms with Crippen molar-refractivity contribution >= 4 is 7.82 Å². The van der Waals surface area contributed by atoms with Gasteiger partial charge in [-0.1, -0.05) is 26.0 Å². The first-order valence-electron chi connectivity index (χ1n) is 13.4. The van der Waals surface area contributed by atoms with E-state index in [1.807, 2.05) is 7.05 Å². The van der Waals surface area contributed by atoms with Gasteiger partial charge in [-0.05, 0) is 100 Å². The summed E-state index contributed by atoms with van der Waals surface area (Å²) in [7, 11) is -0.738. The molecule has 0 heterocycles. The van der Waals surface area contributed by atoms with E-state index in [0.717, 1.165) is 69.8 Å². The quantitative estimate of drug-likeness (QED) is 0.188. The predicted molar refractivity (Wildman–Crippen MR) is 138 cm³/mol. The number of nitrogens with two attached hydrogens (primary N) is 2. The van der Waals surface area contributed by atoms with Crippen LogP contribution in [0.15, 0.2) is 12.2 Å². The summed E-state index contributed by atoms with van der Waals surface area (Å²) in [6.07, 6.45) is 9.38. The van der Waals surface area contributed by atoms with Crippen molar-refractivity contribution in [2.75, 3.05) is 20.8 Å². The van der Waals surface area contributed by atoms with Crippen LogP contribution in [0, 0.1) is 22.7 Å². The summed E-state index contributed by atoms with van der Waals surface area (Å²) in [5.74, 6) is 0.691. The second-order valence-electron chi connectivity index (χ2n) is 12.4. The molecule has 4 aliphatic carbocycles. The molecule has 5 unspecified atom stereocenters. The van der Waals surface area contributed by atoms with Gasteiger partial charge < -0.3 is 26.8 Å². The van der Waals surface area contributed by atoms with Gasteiger partial charge in [0, 0.05) is 18.2 Å². The molecule has 8 nitrogen and oxygen atoms in total. The van der Waals surface area contributed by atoms with Crippen LogP contribution in [0.5, 0.6) is 0 Å². The van der Waals surface area contributed by atoms with Gasteiger partial charge in [-0.2, -0.15) is 0 Å². The summed E-state index contributed by atoms with van der Waals surface area (Å²) in [4.78, 5) is 9.48. The van der Waals surface area contributed by atoms with Crippen LogP contribution >= 0.6 is 7.82 Å². The molecule has 0 aromatic carbocycles. The number of hydrogen-bond donors (Lipinski definition) is 5. The Morgan fingerprint density at radius 2 is 1.77 bits per heavy atom. The highest BCUT2D eigenvalue weighted by Crippen LogP contribution is 2.71. The van der Waals surface area contributed by atoms with Crippen molar-refractivity contribution < 1.29 is 23.6 Å². The largest absolute Gasteiger partial charge is 0.471 e. The SMILES string of the molecule is C=C(CCCOP(=O)(O)OC)[C@H]1CC[C@]2(N)C1(C)CCC1(N)C2(NC)CCC2C[C@H](O)CC[C@@]21C. The van der Waals surface area contributed by atoms with Crippen LogP contribution in [-0.2, 0) is 13.6 Å². The molecule has 0 aromatic heterocycles. The fraction of sp³-hybridized carbons (Fsp3) is 0.923. The van der Waals surface area contributed by atoms with Crippen molar-refractivity contribution in [2.24, 2.45) is 34.1 Å². The average molecular weight is 514 g/mol. The van der Waals surface area contributed by atoms with Gasteiger partial charge in [0.1, 0.15) is 0 Å². The Morgan fingerprint density at radius 3 is 2.43 bits per heavy atom. The topological polar surface area (TPSA) is 140 Å². The molecule has 4 saturated carbocycles. The van der Waals surface area contributed by atoms with Crippen molar-refractivity contribution in [3.8, 4) is 0 Å². The van der Waals surface area contributed by atoms with Crippen LogP contribution in [0.3, 0.4) is 0 Å². The summed E-state index contributed by atoms with van der Waals surface area (Å²) < 4.78 is 21.1. The molecule has 0 spiro atoms. The lowest BCUT2D eigenvalue weighted by Gasteiger charge is -2.74. The summed E-state index contributed by atoms with van der Waals surface area (Å²) in [6, 6.07) is 0. The Kier molecular flexibility index (Phi) is 7.25. The molecule has 7 N–H and O–H groups in total. The molecule has 0 bridgehead atoms. The van der Waals surface area contributed by atoms with E-state index >= 15 is 0 Å². The van der Waals surface area contributed by atoms with E-state index in [2.05, 4.69) is 30.3 Å². The predicted octanol–water partition coefficient (Wildman–Crippen LogP) is 3.61. The normalized spacial score (nSPS) is 49.0. The molecular weight excluding hydrogens is 465 g/mol. The third-order valence-electron chi connectivity index (χ3n) is 11.6. The maximum Gasteiger partial charge on any atom is 0.471 e. The maximum absolute atomic E-state index is 11.6. The Bertz CT molecular complexity index is 889. The van der Waals surface area contributed by atoms with Crippen molar-refractivity contribution in [3.63, 3.8) is 0 Å². The Hall–Kier alpha value is -0.310. The zero-order chi connectivity index (χ0) is 25.9. The molecule has 0 amide bonds. The third-order valence-corrected chi connectivity index (χ3v) is 12.5. The highest BCUT2D eigenvalue weighted by molar-refractivity contribution is 7.47. The average Bonchev–Trinajstić information content (AvgIpc) is 3.09. The van der Waals surface area contributed by atoms with Gasteiger partial charge in [-0.3, -0.25) is 9.05 Å². The van der Waals surface area contributed by atoms with Gasteiger partial charge in [0.25, 0.3) is 0 Å². The van der Waals surface area contributed by atoms with E-state index in [-0.39, 0.29) is 35.0 Å². The standard InChI is InChI=1S/C26H48N3O5P/c1-18(7-6-16-34-35(31,32)33-5)21-10-12-24(27)23(21,3)14-15-25(28)22(2)11-9-20(30)17-19(22)8-13-26(24,25)29-4/h19-21,29-30H,1,6-17,27-28H2,2-5H3,(H,31,32)/t19?,20-,21-,22+,23?,24+,25?,26?/m1/s1. The van der Waals surface area contributed by atoms with E-state index in [4.69, 9.17) is 16.0 Å². The number of hydrogen-bond acceptors (Lipinski definition) is 7. The molecule has 4 rings (SSSR count). The van der Waals surface area contributed by atoms with Gasteiger partial charge in [0.15, 0.2) is 0 Å². The van der Waals surface area contributed by atoms with Crippen molar-refractivity contribution in [2.45, 2.75) is 107 Å². The molecule has 0 aliphatic heterocycles. The van der Waals surface area contributed by atoms with Crippen LogP contribution in [-0.4, -0.2) is 53.5 Å². The minimum Gasteiger partial charge on any atom is -0.393 e. The fourth-order valence-electron chi connectivity index (χ4n) is 9.40. The molecule has 0 aromatic rings. The number of rotatable bonds is 8. The van der Waals surface area contributed by atoms with Crippen LogP contribution < -0.4 is 16.8 Å². The van der Waals surface area contributed by atoms with Crippen LogP contribution in [0.4, 0.5) is 0 Å². The molecule has 9 atom stereocenters. The number of nitrogens with one attached hydrogen (secondary N) is 1. The van der Waals surface area contributed by atoms with Gasteiger partial charge in [0.2, 0.25) is 0 Å². The minimum atomic E-state index is -3.95. The number of likely N-dealkylation sites (N-methyl/N-ethyl adjacent to an activating group) is 1. The lowest BCUT2D eigenvalue weighted by molar-refractivity contribution is -0.173. The van der Waals surface area contributed by atoms with Crippen molar-refractivity contribution in [1.29, 1.82) is 0 Å². The number of phosphoric ester groups is 1. The maximum atomic E-state index is 11.6. The molecule has 0 saturated heterocycles. The fourth-order valence-corrected chi connectivity index (χ4v) is 9.86.